The number of rotatable bonds is 3. The molecule has 0 bridgehead atoms. The second-order valence-corrected chi connectivity index (χ2v) is 1.41. The number of hydrogen-bond donors (Lipinski definition) is 0. The Morgan fingerprint density at radius 3 is 3.00 bits per heavy atom. The Kier molecular flexibility index (Phi) is 5.51. The van der Waals surface area contributed by atoms with Crippen LogP contribution in [0.1, 0.15) is 19.8 Å². The summed E-state index contributed by atoms with van der Waals surface area (Å²) < 4.78 is 0. The van der Waals surface area contributed by atoms with E-state index in [1.807, 2.05) is 19.2 Å². The van der Waals surface area contributed by atoms with E-state index in [9.17, 15) is 0 Å². The maximum Gasteiger partial charge on any atom is 0.0641 e. The second-order valence-electron chi connectivity index (χ2n) is 1.41. The Morgan fingerprint density at radius 2 is 2.50 bits per heavy atom. The Morgan fingerprint density at radius 1 is 1.75 bits per heavy atom. The van der Waals surface area contributed by atoms with Gasteiger partial charge < -0.3 is 0 Å². The number of aliphatic imine (C=N–C) groups is 1. The van der Waals surface area contributed by atoms with Crippen molar-refractivity contribution < 1.29 is 0 Å². The lowest BCUT2D eigenvalue weighted by atomic mass is 10.5. The lowest BCUT2D eigenvalue weighted by molar-refractivity contribution is 1.01. The van der Waals surface area contributed by atoms with Gasteiger partial charge in [0.25, 0.3) is 0 Å². The van der Waals surface area contributed by atoms with Gasteiger partial charge in [-0.25, -0.2) is 0 Å². The van der Waals surface area contributed by atoms with Crippen LogP contribution in [-0.4, -0.2) is 12.8 Å². The normalized spacial score (nSPS) is 9.50. The van der Waals surface area contributed by atoms with Gasteiger partial charge in [-0.05, 0) is 12.6 Å². The monoisotopic (exact) mass is 110 g/mol. The summed E-state index contributed by atoms with van der Waals surface area (Å²) in [7, 11) is 0. The minimum absolute atomic E-state index is 0.538. The largest absolute Gasteiger partial charge is 0.296 e. The second kappa shape index (κ2) is 6.16. The zero-order valence-electron chi connectivity index (χ0n) is 5.09. The van der Waals surface area contributed by atoms with Crippen molar-refractivity contribution in [1.82, 2.24) is 0 Å². The molecular weight excluding hydrogens is 100 g/mol. The Labute approximate surface area is 49.9 Å². The fraction of sp³-hybridized carbons (Fsp3) is 0.667. The van der Waals surface area contributed by atoms with Crippen LogP contribution in [0.15, 0.2) is 4.99 Å². The summed E-state index contributed by atoms with van der Waals surface area (Å²) in [5.41, 5.74) is 0. The van der Waals surface area contributed by atoms with E-state index in [0.717, 1.165) is 6.42 Å². The zero-order valence-corrected chi connectivity index (χ0v) is 5.09. The van der Waals surface area contributed by atoms with Crippen LogP contribution in [0.25, 0.3) is 0 Å². The molecule has 0 N–H and O–H groups in total. The minimum Gasteiger partial charge on any atom is -0.296 e. The minimum atomic E-state index is 0.538. The van der Waals surface area contributed by atoms with Gasteiger partial charge in [0.05, 0.1) is 19.0 Å². The molecule has 0 aliphatic rings. The SMILES string of the molecule is CCC=NCCC#N. The van der Waals surface area contributed by atoms with Crippen molar-refractivity contribution in [2.45, 2.75) is 19.8 Å². The molecule has 0 fully saturated rings. The first-order valence-electron chi connectivity index (χ1n) is 2.77. The van der Waals surface area contributed by atoms with Gasteiger partial charge >= 0.3 is 0 Å². The van der Waals surface area contributed by atoms with Crippen molar-refractivity contribution in [2.24, 2.45) is 4.99 Å². The van der Waals surface area contributed by atoms with Crippen LogP contribution in [0.2, 0.25) is 0 Å². The highest BCUT2D eigenvalue weighted by Gasteiger charge is 1.73. The van der Waals surface area contributed by atoms with Gasteiger partial charge in [0.1, 0.15) is 0 Å². The Hall–Kier alpha value is -0.840. The summed E-state index contributed by atoms with van der Waals surface area (Å²) in [6.07, 6.45) is 3.33. The van der Waals surface area contributed by atoms with E-state index in [0.29, 0.717) is 13.0 Å². The lowest BCUT2D eigenvalue weighted by Gasteiger charge is -1.79. The molecule has 0 spiro atoms. The topological polar surface area (TPSA) is 36.1 Å². The predicted molar refractivity (Wildman–Crippen MR) is 33.9 cm³/mol. The van der Waals surface area contributed by atoms with Crippen molar-refractivity contribution in [3.8, 4) is 6.07 Å². The van der Waals surface area contributed by atoms with E-state index < -0.39 is 0 Å². The summed E-state index contributed by atoms with van der Waals surface area (Å²) in [6.45, 7) is 2.68. The molecule has 0 saturated heterocycles. The molecule has 0 aliphatic carbocycles. The van der Waals surface area contributed by atoms with Crippen molar-refractivity contribution in [3.63, 3.8) is 0 Å². The third-order valence-electron chi connectivity index (χ3n) is 0.664. The number of hydrogen-bond acceptors (Lipinski definition) is 2. The molecule has 8 heavy (non-hydrogen) atoms. The van der Waals surface area contributed by atoms with Crippen LogP contribution in [0.5, 0.6) is 0 Å². The number of nitrogens with zero attached hydrogens (tertiary/aromatic N) is 2. The molecule has 0 aromatic carbocycles. The molecule has 0 heterocycles. The highest BCUT2D eigenvalue weighted by atomic mass is 14.7. The lowest BCUT2D eigenvalue weighted by Crippen LogP contribution is -1.76. The third-order valence-corrected chi connectivity index (χ3v) is 0.664. The fourth-order valence-corrected chi connectivity index (χ4v) is 0.335. The molecule has 0 aromatic heterocycles. The van der Waals surface area contributed by atoms with E-state index in [-0.39, 0.29) is 0 Å². The first-order chi connectivity index (χ1) is 3.91. The smallest absolute Gasteiger partial charge is 0.0641 e. The molecule has 0 saturated carbocycles. The molecule has 0 radical (unpaired) electrons. The van der Waals surface area contributed by atoms with Crippen molar-refractivity contribution in [1.29, 1.82) is 5.26 Å². The van der Waals surface area contributed by atoms with Gasteiger partial charge in [-0.3, -0.25) is 4.99 Å². The van der Waals surface area contributed by atoms with Gasteiger partial charge in [-0.2, -0.15) is 5.26 Å². The van der Waals surface area contributed by atoms with Crippen LogP contribution < -0.4 is 0 Å². The summed E-state index contributed by atoms with van der Waals surface area (Å²) in [5.74, 6) is 0. The first-order valence-corrected chi connectivity index (χ1v) is 2.77. The van der Waals surface area contributed by atoms with Crippen LogP contribution in [0, 0.1) is 11.3 Å². The molecule has 0 aliphatic heterocycles. The van der Waals surface area contributed by atoms with Gasteiger partial charge in [0.2, 0.25) is 0 Å². The van der Waals surface area contributed by atoms with Crippen LogP contribution >= 0.6 is 0 Å². The van der Waals surface area contributed by atoms with E-state index >= 15 is 0 Å². The van der Waals surface area contributed by atoms with E-state index in [1.165, 1.54) is 0 Å². The molecule has 2 nitrogen and oxygen atoms in total. The molecule has 0 amide bonds. The van der Waals surface area contributed by atoms with Crippen LogP contribution in [0.3, 0.4) is 0 Å². The Balaban J connectivity index is 2.94. The highest BCUT2D eigenvalue weighted by molar-refractivity contribution is 5.56. The van der Waals surface area contributed by atoms with E-state index in [2.05, 4.69) is 4.99 Å². The molecular formula is C6H10N2. The van der Waals surface area contributed by atoms with Gasteiger partial charge in [0.15, 0.2) is 0 Å². The molecule has 0 atom stereocenters. The molecule has 0 unspecified atom stereocenters. The molecule has 2 heteroatoms. The predicted octanol–water partition coefficient (Wildman–Crippen LogP) is 1.38. The zero-order chi connectivity index (χ0) is 6.24. The highest BCUT2D eigenvalue weighted by Crippen LogP contribution is 1.76. The average Bonchev–Trinajstić information content (AvgIpc) is 1.81. The molecule has 44 valence electrons. The van der Waals surface area contributed by atoms with Crippen molar-refractivity contribution in [3.05, 3.63) is 0 Å². The van der Waals surface area contributed by atoms with Crippen LogP contribution in [-0.2, 0) is 0 Å². The van der Waals surface area contributed by atoms with Crippen LogP contribution in [0.4, 0.5) is 0 Å². The molecule has 0 aromatic rings. The summed E-state index contributed by atoms with van der Waals surface area (Å²) in [5, 5.41) is 8.04. The fourth-order valence-electron chi connectivity index (χ4n) is 0.335. The van der Waals surface area contributed by atoms with Crippen molar-refractivity contribution in [2.75, 3.05) is 6.54 Å². The summed E-state index contributed by atoms with van der Waals surface area (Å²) in [6, 6.07) is 2.01. The quantitative estimate of drug-likeness (QED) is 0.399. The van der Waals surface area contributed by atoms with E-state index in [4.69, 9.17) is 5.26 Å². The Bertz CT molecular complexity index is 99.6. The van der Waals surface area contributed by atoms with Gasteiger partial charge in [0, 0.05) is 0 Å². The standard InChI is InChI=1S/C6H10N2/c1-2-5-8-6-3-4-7/h5H,2-3,6H2,1H3. The van der Waals surface area contributed by atoms with Gasteiger partial charge in [-0.15, -0.1) is 0 Å². The van der Waals surface area contributed by atoms with E-state index in [1.54, 1.807) is 0 Å². The third kappa shape index (κ3) is 5.16. The molecule has 0 rings (SSSR count). The summed E-state index contributed by atoms with van der Waals surface area (Å²) in [4.78, 5) is 3.93. The number of nitriles is 1. The average molecular weight is 110 g/mol. The maximum atomic E-state index is 8.04. The van der Waals surface area contributed by atoms with Gasteiger partial charge in [-0.1, -0.05) is 6.92 Å². The van der Waals surface area contributed by atoms with Crippen molar-refractivity contribution >= 4 is 6.21 Å². The first kappa shape index (κ1) is 7.16. The summed E-state index contributed by atoms with van der Waals surface area (Å²) >= 11 is 0. The maximum absolute atomic E-state index is 8.04.